The van der Waals surface area contributed by atoms with Crippen LogP contribution in [0.3, 0.4) is 0 Å². The van der Waals surface area contributed by atoms with Crippen molar-refractivity contribution in [3.8, 4) is 11.4 Å². The summed E-state index contributed by atoms with van der Waals surface area (Å²) in [6.07, 6.45) is 0. The molecule has 2 aromatic heterocycles. The Morgan fingerprint density at radius 2 is 1.81 bits per heavy atom. The third kappa shape index (κ3) is 3.06. The molecule has 0 bridgehead atoms. The van der Waals surface area contributed by atoms with Gasteiger partial charge in [-0.15, -0.1) is 11.3 Å². The summed E-state index contributed by atoms with van der Waals surface area (Å²) in [5.74, 6) is 1.48. The third-order valence-electron chi connectivity index (χ3n) is 2.85. The summed E-state index contributed by atoms with van der Waals surface area (Å²) in [6, 6.07) is 6.01. The van der Waals surface area contributed by atoms with E-state index in [9.17, 15) is 0 Å². The molecule has 0 aliphatic heterocycles. The van der Waals surface area contributed by atoms with E-state index in [2.05, 4.69) is 74.0 Å². The molecule has 0 radical (unpaired) electrons. The smallest absolute Gasteiger partial charge is 0.164 e. The molecule has 2 heterocycles. The lowest BCUT2D eigenvalue weighted by Crippen LogP contribution is -1.99. The van der Waals surface area contributed by atoms with Crippen LogP contribution >= 0.6 is 75.1 Å². The molecule has 0 spiro atoms. The molecule has 3 aromatic rings. The first kappa shape index (κ1) is 15.9. The zero-order valence-corrected chi connectivity index (χ0v) is 17.7. The zero-order valence-electron chi connectivity index (χ0n) is 10.5. The number of fused-ring (bicyclic) bond motifs is 1. The highest BCUT2D eigenvalue weighted by molar-refractivity contribution is 9.12. The predicted octanol–water partition coefficient (Wildman–Crippen LogP) is 6.45. The standard InChI is InChI=1S/C13H7Br4N3S/c1-18-12-6-2-5(14)3-8(15)10(6)19-13(20-12)7-4-9(16)21-11(7)17/h2-4H,1H3,(H,18,19,20). The van der Waals surface area contributed by atoms with Gasteiger partial charge in [-0.1, -0.05) is 15.9 Å². The van der Waals surface area contributed by atoms with Gasteiger partial charge >= 0.3 is 0 Å². The van der Waals surface area contributed by atoms with E-state index >= 15 is 0 Å². The van der Waals surface area contributed by atoms with Crippen LogP contribution in [0.25, 0.3) is 22.3 Å². The zero-order chi connectivity index (χ0) is 15.1. The quantitative estimate of drug-likeness (QED) is 0.394. The minimum atomic E-state index is 0.684. The van der Waals surface area contributed by atoms with E-state index in [1.807, 2.05) is 25.2 Å². The normalized spacial score (nSPS) is 11.1. The Bertz CT molecular complexity index is 847. The van der Waals surface area contributed by atoms with Crippen molar-refractivity contribution in [1.82, 2.24) is 9.97 Å². The minimum Gasteiger partial charge on any atom is -0.373 e. The Balaban J connectivity index is 2.34. The molecular formula is C13H7Br4N3S. The van der Waals surface area contributed by atoms with Crippen LogP contribution in [0.5, 0.6) is 0 Å². The molecule has 3 nitrogen and oxygen atoms in total. The maximum Gasteiger partial charge on any atom is 0.164 e. The largest absolute Gasteiger partial charge is 0.373 e. The minimum absolute atomic E-state index is 0.684. The van der Waals surface area contributed by atoms with E-state index in [1.165, 1.54) is 0 Å². The van der Waals surface area contributed by atoms with Crippen molar-refractivity contribution in [2.24, 2.45) is 0 Å². The highest BCUT2D eigenvalue weighted by atomic mass is 79.9. The summed E-state index contributed by atoms with van der Waals surface area (Å²) in [4.78, 5) is 9.34. The van der Waals surface area contributed by atoms with E-state index in [4.69, 9.17) is 4.98 Å². The first-order valence-electron chi connectivity index (χ1n) is 5.79. The lowest BCUT2D eigenvalue weighted by Gasteiger charge is -2.09. The fourth-order valence-electron chi connectivity index (χ4n) is 1.96. The van der Waals surface area contributed by atoms with Crippen molar-refractivity contribution in [1.29, 1.82) is 0 Å². The monoisotopic (exact) mass is 553 g/mol. The summed E-state index contributed by atoms with van der Waals surface area (Å²) in [5.41, 5.74) is 1.85. The molecule has 108 valence electrons. The predicted molar refractivity (Wildman–Crippen MR) is 103 cm³/mol. The Hall–Kier alpha value is -0.0200. The van der Waals surface area contributed by atoms with Crippen LogP contribution in [0.1, 0.15) is 0 Å². The molecule has 8 heteroatoms. The van der Waals surface area contributed by atoms with Gasteiger partial charge in [-0.05, 0) is 66.0 Å². The van der Waals surface area contributed by atoms with Crippen molar-refractivity contribution in [3.63, 3.8) is 0 Å². The molecular weight excluding hydrogens is 550 g/mol. The van der Waals surface area contributed by atoms with Gasteiger partial charge in [0, 0.05) is 26.9 Å². The van der Waals surface area contributed by atoms with Crippen LogP contribution in [0.4, 0.5) is 5.82 Å². The highest BCUT2D eigenvalue weighted by Gasteiger charge is 2.15. The molecule has 3 rings (SSSR count). The third-order valence-corrected chi connectivity index (χ3v) is 6.25. The van der Waals surface area contributed by atoms with E-state index in [0.29, 0.717) is 5.82 Å². The number of anilines is 1. The van der Waals surface area contributed by atoms with Gasteiger partial charge in [0.25, 0.3) is 0 Å². The van der Waals surface area contributed by atoms with Crippen LogP contribution < -0.4 is 5.32 Å². The Labute approximate surface area is 159 Å². The van der Waals surface area contributed by atoms with Crippen LogP contribution in [-0.2, 0) is 0 Å². The fourth-order valence-corrected chi connectivity index (χ4v) is 6.06. The maximum absolute atomic E-state index is 4.71. The summed E-state index contributed by atoms with van der Waals surface area (Å²) in [7, 11) is 1.86. The topological polar surface area (TPSA) is 37.8 Å². The van der Waals surface area contributed by atoms with E-state index in [0.717, 1.165) is 38.8 Å². The molecule has 0 aliphatic rings. The fraction of sp³-hybridized carbons (Fsp3) is 0.0769. The molecule has 0 saturated carbocycles. The number of rotatable bonds is 2. The molecule has 1 aromatic carbocycles. The Morgan fingerprint density at radius 1 is 1.05 bits per heavy atom. The number of halogens is 4. The number of thiophene rings is 1. The van der Waals surface area contributed by atoms with Gasteiger partial charge in [0.2, 0.25) is 0 Å². The molecule has 0 unspecified atom stereocenters. The van der Waals surface area contributed by atoms with Crippen molar-refractivity contribution in [2.75, 3.05) is 12.4 Å². The van der Waals surface area contributed by atoms with Gasteiger partial charge in [0.1, 0.15) is 5.82 Å². The average molecular weight is 557 g/mol. The molecule has 0 aliphatic carbocycles. The van der Waals surface area contributed by atoms with Crippen LogP contribution in [0.15, 0.2) is 34.7 Å². The summed E-state index contributed by atoms with van der Waals surface area (Å²) < 4.78 is 3.95. The Kier molecular flexibility index (Phi) is 4.71. The number of hydrogen-bond acceptors (Lipinski definition) is 4. The van der Waals surface area contributed by atoms with Gasteiger partial charge in [-0.2, -0.15) is 0 Å². The second-order valence-electron chi connectivity index (χ2n) is 4.17. The van der Waals surface area contributed by atoms with Crippen molar-refractivity contribution >= 4 is 91.8 Å². The van der Waals surface area contributed by atoms with Gasteiger partial charge in [0.05, 0.1) is 13.1 Å². The summed E-state index contributed by atoms with van der Waals surface area (Å²) in [6.45, 7) is 0. The van der Waals surface area contributed by atoms with Gasteiger partial charge in [-0.25, -0.2) is 9.97 Å². The number of nitrogens with zero attached hydrogens (tertiary/aromatic N) is 2. The van der Waals surface area contributed by atoms with E-state index < -0.39 is 0 Å². The van der Waals surface area contributed by atoms with Crippen LogP contribution in [0, 0.1) is 0 Å². The number of benzene rings is 1. The van der Waals surface area contributed by atoms with Gasteiger partial charge < -0.3 is 5.32 Å². The first-order valence-corrected chi connectivity index (χ1v) is 9.78. The maximum atomic E-state index is 4.71. The number of aromatic nitrogens is 2. The molecule has 1 N–H and O–H groups in total. The molecule has 0 atom stereocenters. The second kappa shape index (κ2) is 6.23. The molecule has 21 heavy (non-hydrogen) atoms. The van der Waals surface area contributed by atoms with Crippen LogP contribution in [0.2, 0.25) is 0 Å². The van der Waals surface area contributed by atoms with Crippen molar-refractivity contribution < 1.29 is 0 Å². The van der Waals surface area contributed by atoms with Crippen molar-refractivity contribution in [2.45, 2.75) is 0 Å². The van der Waals surface area contributed by atoms with Crippen molar-refractivity contribution in [3.05, 3.63) is 34.7 Å². The molecule has 0 amide bonds. The van der Waals surface area contributed by atoms with Gasteiger partial charge in [0.15, 0.2) is 5.82 Å². The molecule has 0 saturated heterocycles. The lowest BCUT2D eigenvalue weighted by atomic mass is 10.2. The van der Waals surface area contributed by atoms with E-state index in [-0.39, 0.29) is 0 Å². The Morgan fingerprint density at radius 3 is 2.43 bits per heavy atom. The SMILES string of the molecule is CNc1nc(-c2cc(Br)sc2Br)nc2c(Br)cc(Br)cc12. The number of hydrogen-bond donors (Lipinski definition) is 1. The summed E-state index contributed by atoms with van der Waals surface area (Å²) in [5, 5.41) is 4.11. The average Bonchev–Trinajstić information content (AvgIpc) is 2.77. The van der Waals surface area contributed by atoms with Crippen LogP contribution in [-0.4, -0.2) is 17.0 Å². The number of nitrogens with one attached hydrogen (secondary N) is 1. The highest BCUT2D eigenvalue weighted by Crippen LogP contribution is 2.39. The lowest BCUT2D eigenvalue weighted by molar-refractivity contribution is 1.21. The first-order chi connectivity index (χ1) is 9.99. The van der Waals surface area contributed by atoms with Gasteiger partial charge in [-0.3, -0.25) is 0 Å². The van der Waals surface area contributed by atoms with E-state index in [1.54, 1.807) is 11.3 Å². The second-order valence-corrected chi connectivity index (χ2v) is 9.69. The molecule has 0 fully saturated rings. The summed E-state index contributed by atoms with van der Waals surface area (Å²) >= 11 is 15.7.